The Bertz CT molecular complexity index is 423. The number of carboxylic acid groups (broad SMARTS) is 1. The summed E-state index contributed by atoms with van der Waals surface area (Å²) in [6, 6.07) is 2.30. The second kappa shape index (κ2) is 6.14. The minimum Gasteiger partial charge on any atom is -0.481 e. The van der Waals surface area contributed by atoms with Gasteiger partial charge in [-0.05, 0) is 28.9 Å². The van der Waals surface area contributed by atoms with Crippen LogP contribution in [-0.4, -0.2) is 41.8 Å². The molecule has 0 radical (unpaired) electrons. The number of hydrogen-bond acceptors (Lipinski definition) is 4. The van der Waals surface area contributed by atoms with Crippen LogP contribution in [0.5, 0.6) is 0 Å². The summed E-state index contributed by atoms with van der Waals surface area (Å²) in [5, 5.41) is 11.0. The molecule has 6 heteroatoms. The molecule has 100 valence electrons. The minimum atomic E-state index is -0.768. The maximum atomic E-state index is 10.9. The fraction of sp³-hybridized carbons (Fsp3) is 0.583. The van der Waals surface area contributed by atoms with Gasteiger partial charge in [-0.25, -0.2) is 0 Å². The second-order valence-corrected chi connectivity index (χ2v) is 6.27. The van der Waals surface area contributed by atoms with Gasteiger partial charge in [-0.3, -0.25) is 9.69 Å². The van der Waals surface area contributed by atoms with Crippen molar-refractivity contribution in [3.8, 4) is 0 Å². The first kappa shape index (κ1) is 14.0. The third-order valence-electron chi connectivity index (χ3n) is 3.18. The van der Waals surface area contributed by atoms with Crippen LogP contribution in [0.4, 0.5) is 0 Å². The monoisotopic (exact) mass is 333 g/mol. The molecule has 2 unspecified atom stereocenters. The molecule has 0 aliphatic carbocycles. The number of rotatable bonds is 4. The lowest BCUT2D eigenvalue weighted by Crippen LogP contribution is -2.47. The van der Waals surface area contributed by atoms with E-state index in [2.05, 4.69) is 39.2 Å². The molecule has 18 heavy (non-hydrogen) atoms. The molecule has 1 aliphatic rings. The van der Waals surface area contributed by atoms with Crippen LogP contribution in [0.15, 0.2) is 15.9 Å². The fourth-order valence-electron chi connectivity index (χ4n) is 2.27. The lowest BCUT2D eigenvalue weighted by Gasteiger charge is -2.38. The first-order valence-electron chi connectivity index (χ1n) is 5.87. The van der Waals surface area contributed by atoms with Gasteiger partial charge < -0.3 is 9.84 Å². The van der Waals surface area contributed by atoms with E-state index in [9.17, 15) is 4.79 Å². The van der Waals surface area contributed by atoms with Crippen molar-refractivity contribution in [3.05, 3.63) is 20.8 Å². The molecule has 0 amide bonds. The van der Waals surface area contributed by atoms with Crippen LogP contribution in [0.3, 0.4) is 0 Å². The predicted octanol–water partition coefficient (Wildman–Crippen LogP) is 2.75. The average Bonchev–Trinajstić information content (AvgIpc) is 2.75. The Morgan fingerprint density at radius 3 is 3.17 bits per heavy atom. The quantitative estimate of drug-likeness (QED) is 0.920. The molecule has 1 N–H and O–H groups in total. The van der Waals surface area contributed by atoms with Gasteiger partial charge in [0.25, 0.3) is 0 Å². The first-order valence-corrected chi connectivity index (χ1v) is 7.54. The van der Waals surface area contributed by atoms with E-state index < -0.39 is 5.97 Å². The lowest BCUT2D eigenvalue weighted by atomic mass is 10.1. The predicted molar refractivity (Wildman–Crippen MR) is 74.0 cm³/mol. The van der Waals surface area contributed by atoms with E-state index in [4.69, 9.17) is 9.84 Å². The standard InChI is InChI=1S/C12H16BrNO3S/c1-8(11-4-9(13)7-18-11)14-2-3-17-6-10(14)5-12(15)16/h4,7-8,10H,2-3,5-6H2,1H3,(H,15,16). The second-order valence-electron chi connectivity index (χ2n) is 4.41. The van der Waals surface area contributed by atoms with Gasteiger partial charge >= 0.3 is 5.97 Å². The molecule has 2 heterocycles. The third-order valence-corrected chi connectivity index (χ3v) is 5.04. The summed E-state index contributed by atoms with van der Waals surface area (Å²) in [4.78, 5) is 14.4. The number of halogens is 1. The van der Waals surface area contributed by atoms with Gasteiger partial charge in [0.1, 0.15) is 0 Å². The van der Waals surface area contributed by atoms with Gasteiger partial charge in [-0.1, -0.05) is 0 Å². The lowest BCUT2D eigenvalue weighted by molar-refractivity contribution is -0.140. The highest BCUT2D eigenvalue weighted by atomic mass is 79.9. The summed E-state index contributed by atoms with van der Waals surface area (Å²) in [6.07, 6.45) is 0.136. The van der Waals surface area contributed by atoms with E-state index in [-0.39, 0.29) is 18.5 Å². The molecular weight excluding hydrogens is 318 g/mol. The number of nitrogens with zero attached hydrogens (tertiary/aromatic N) is 1. The molecule has 2 rings (SSSR count). The summed E-state index contributed by atoms with van der Waals surface area (Å²) in [5.41, 5.74) is 0. The Morgan fingerprint density at radius 1 is 1.78 bits per heavy atom. The van der Waals surface area contributed by atoms with Crippen molar-refractivity contribution in [1.29, 1.82) is 0 Å². The van der Waals surface area contributed by atoms with Gasteiger partial charge in [0.15, 0.2) is 0 Å². The van der Waals surface area contributed by atoms with Gasteiger partial charge in [0.05, 0.1) is 19.6 Å². The third kappa shape index (κ3) is 3.32. The topological polar surface area (TPSA) is 49.8 Å². The maximum Gasteiger partial charge on any atom is 0.305 e. The molecule has 0 saturated carbocycles. The number of carboxylic acids is 1. The number of aliphatic carboxylic acids is 1. The number of morpholine rings is 1. The molecule has 1 fully saturated rings. The number of ether oxygens (including phenoxy) is 1. The van der Waals surface area contributed by atoms with E-state index in [0.717, 1.165) is 11.0 Å². The first-order chi connectivity index (χ1) is 8.58. The molecule has 1 saturated heterocycles. The molecule has 1 aromatic heterocycles. The van der Waals surface area contributed by atoms with Crippen molar-refractivity contribution in [2.75, 3.05) is 19.8 Å². The van der Waals surface area contributed by atoms with E-state index in [1.165, 1.54) is 4.88 Å². The molecule has 1 aliphatic heterocycles. The van der Waals surface area contributed by atoms with Crippen LogP contribution in [0.25, 0.3) is 0 Å². The van der Waals surface area contributed by atoms with Crippen LogP contribution in [0, 0.1) is 0 Å². The highest BCUT2D eigenvalue weighted by Gasteiger charge is 2.30. The Balaban J connectivity index is 2.10. The van der Waals surface area contributed by atoms with E-state index in [1.54, 1.807) is 11.3 Å². The summed E-state index contributed by atoms with van der Waals surface area (Å²) in [6.45, 7) is 4.09. The number of carbonyl (C=O) groups is 1. The number of thiophene rings is 1. The highest BCUT2D eigenvalue weighted by molar-refractivity contribution is 9.10. The van der Waals surface area contributed by atoms with Crippen molar-refractivity contribution in [3.63, 3.8) is 0 Å². The van der Waals surface area contributed by atoms with Crippen LogP contribution in [-0.2, 0) is 9.53 Å². The zero-order valence-electron chi connectivity index (χ0n) is 10.1. The van der Waals surface area contributed by atoms with Crippen molar-refractivity contribution >= 4 is 33.2 Å². The van der Waals surface area contributed by atoms with Crippen LogP contribution in [0.1, 0.15) is 24.3 Å². The van der Waals surface area contributed by atoms with E-state index >= 15 is 0 Å². The van der Waals surface area contributed by atoms with Crippen molar-refractivity contribution in [2.45, 2.75) is 25.4 Å². The zero-order valence-corrected chi connectivity index (χ0v) is 12.5. The smallest absolute Gasteiger partial charge is 0.305 e. The zero-order chi connectivity index (χ0) is 13.1. The molecule has 2 atom stereocenters. The summed E-state index contributed by atoms with van der Waals surface area (Å²) in [5.74, 6) is -0.768. The Kier molecular flexibility index (Phi) is 4.77. The van der Waals surface area contributed by atoms with Crippen molar-refractivity contribution in [2.24, 2.45) is 0 Å². The Hall–Kier alpha value is -0.430. The molecule has 0 aromatic carbocycles. The number of hydrogen-bond donors (Lipinski definition) is 1. The molecule has 0 spiro atoms. The van der Waals surface area contributed by atoms with Gasteiger partial charge in [0, 0.05) is 33.4 Å². The van der Waals surface area contributed by atoms with Gasteiger partial charge in [-0.2, -0.15) is 0 Å². The Labute approximate surface area is 119 Å². The normalized spacial score (nSPS) is 22.9. The average molecular weight is 334 g/mol. The van der Waals surface area contributed by atoms with Crippen LogP contribution >= 0.6 is 27.3 Å². The highest BCUT2D eigenvalue weighted by Crippen LogP contribution is 2.31. The maximum absolute atomic E-state index is 10.9. The summed E-state index contributed by atoms with van der Waals surface area (Å²) in [7, 11) is 0. The van der Waals surface area contributed by atoms with E-state index in [1.807, 2.05) is 0 Å². The Morgan fingerprint density at radius 2 is 2.56 bits per heavy atom. The van der Waals surface area contributed by atoms with Gasteiger partial charge in [0.2, 0.25) is 0 Å². The van der Waals surface area contributed by atoms with Crippen molar-refractivity contribution < 1.29 is 14.6 Å². The minimum absolute atomic E-state index is 0.0351. The van der Waals surface area contributed by atoms with Gasteiger partial charge in [-0.15, -0.1) is 11.3 Å². The SMILES string of the molecule is CC(c1cc(Br)cs1)N1CCOCC1CC(=O)O. The largest absolute Gasteiger partial charge is 0.481 e. The fourth-order valence-corrected chi connectivity index (χ4v) is 3.79. The van der Waals surface area contributed by atoms with E-state index in [0.29, 0.717) is 13.2 Å². The molecule has 1 aromatic rings. The molecular formula is C12H16BrNO3S. The van der Waals surface area contributed by atoms with Crippen molar-refractivity contribution in [1.82, 2.24) is 4.90 Å². The summed E-state index contributed by atoms with van der Waals surface area (Å²) < 4.78 is 6.47. The molecule has 0 bridgehead atoms. The van der Waals surface area contributed by atoms with Crippen LogP contribution in [0.2, 0.25) is 0 Å². The summed E-state index contributed by atoms with van der Waals surface area (Å²) >= 11 is 5.15. The van der Waals surface area contributed by atoms with Crippen LogP contribution < -0.4 is 0 Å². The molecule has 4 nitrogen and oxygen atoms in total.